The third-order valence-electron chi connectivity index (χ3n) is 4.83. The summed E-state index contributed by atoms with van der Waals surface area (Å²) in [5, 5.41) is 0. The summed E-state index contributed by atoms with van der Waals surface area (Å²) in [4.78, 5) is 2.69. The predicted molar refractivity (Wildman–Crippen MR) is 69.4 cm³/mol. The summed E-state index contributed by atoms with van der Waals surface area (Å²) in [6.07, 6.45) is 6.81. The van der Waals surface area contributed by atoms with Crippen LogP contribution in [-0.4, -0.2) is 30.1 Å². The molecule has 0 aromatic rings. The van der Waals surface area contributed by atoms with Crippen molar-refractivity contribution in [1.29, 1.82) is 0 Å². The summed E-state index contributed by atoms with van der Waals surface area (Å²) in [6.45, 7) is 10.6. The van der Waals surface area contributed by atoms with E-state index in [1.165, 1.54) is 45.2 Å². The van der Waals surface area contributed by atoms with Gasteiger partial charge in [-0.05, 0) is 56.5 Å². The van der Waals surface area contributed by atoms with Crippen molar-refractivity contribution in [2.75, 3.05) is 19.6 Å². The maximum atomic E-state index is 5.93. The summed E-state index contributed by atoms with van der Waals surface area (Å²) < 4.78 is 0. The smallest absolute Gasteiger partial charge is 0.0333 e. The average molecular weight is 224 g/mol. The molecule has 0 aromatic heterocycles. The molecule has 1 saturated carbocycles. The Morgan fingerprint density at radius 1 is 1.19 bits per heavy atom. The summed E-state index contributed by atoms with van der Waals surface area (Å²) in [5.74, 6) is 0.895. The van der Waals surface area contributed by atoms with E-state index in [1.54, 1.807) is 0 Å². The maximum absolute atomic E-state index is 5.93. The minimum atomic E-state index is 0.423. The molecule has 2 N–H and O–H groups in total. The number of nitrogens with zero attached hydrogens (tertiary/aromatic N) is 1. The lowest BCUT2D eigenvalue weighted by Crippen LogP contribution is -2.43. The summed E-state index contributed by atoms with van der Waals surface area (Å²) in [6, 6.07) is 0. The van der Waals surface area contributed by atoms with Gasteiger partial charge in [0.25, 0.3) is 0 Å². The molecule has 1 aliphatic carbocycles. The summed E-state index contributed by atoms with van der Waals surface area (Å²) in [7, 11) is 0. The lowest BCUT2D eigenvalue weighted by atomic mass is 9.77. The van der Waals surface area contributed by atoms with Gasteiger partial charge in [0, 0.05) is 12.1 Å². The van der Waals surface area contributed by atoms with Crippen molar-refractivity contribution in [2.45, 2.75) is 58.4 Å². The molecule has 1 atom stereocenters. The molecule has 2 rings (SSSR count). The highest BCUT2D eigenvalue weighted by molar-refractivity contribution is 5.05. The topological polar surface area (TPSA) is 29.3 Å². The molecule has 2 fully saturated rings. The first-order chi connectivity index (χ1) is 7.48. The minimum absolute atomic E-state index is 0.423. The van der Waals surface area contributed by atoms with Crippen LogP contribution in [0, 0.1) is 11.3 Å². The van der Waals surface area contributed by atoms with Crippen LogP contribution in [0.25, 0.3) is 0 Å². The summed E-state index contributed by atoms with van der Waals surface area (Å²) in [5.41, 5.74) is 6.83. The highest BCUT2D eigenvalue weighted by atomic mass is 15.2. The van der Waals surface area contributed by atoms with E-state index in [-0.39, 0.29) is 0 Å². The summed E-state index contributed by atoms with van der Waals surface area (Å²) >= 11 is 0. The van der Waals surface area contributed by atoms with Crippen LogP contribution in [0.5, 0.6) is 0 Å². The molecular weight excluding hydrogens is 196 g/mol. The fourth-order valence-electron chi connectivity index (χ4n) is 3.23. The molecule has 0 aromatic carbocycles. The van der Waals surface area contributed by atoms with Crippen LogP contribution in [0.3, 0.4) is 0 Å². The normalized spacial score (nSPS) is 31.1. The largest absolute Gasteiger partial charge is 0.329 e. The van der Waals surface area contributed by atoms with Gasteiger partial charge in [-0.15, -0.1) is 0 Å². The Kier molecular flexibility index (Phi) is 3.33. The monoisotopic (exact) mass is 224 g/mol. The second-order valence-corrected chi connectivity index (χ2v) is 6.91. The Labute approximate surface area is 101 Å². The second-order valence-electron chi connectivity index (χ2n) is 6.91. The molecule has 1 heterocycles. The first-order valence-electron chi connectivity index (χ1n) is 6.93. The van der Waals surface area contributed by atoms with E-state index in [0.717, 1.165) is 12.5 Å². The third kappa shape index (κ3) is 2.43. The Bertz CT molecular complexity index is 238. The Balaban J connectivity index is 1.93. The quantitative estimate of drug-likeness (QED) is 0.781. The number of rotatable bonds is 2. The molecule has 2 heteroatoms. The van der Waals surface area contributed by atoms with Crippen LogP contribution in [0.1, 0.15) is 52.9 Å². The Morgan fingerprint density at radius 2 is 1.88 bits per heavy atom. The number of nitrogens with two attached hydrogens (primary N) is 1. The maximum Gasteiger partial charge on any atom is 0.0333 e. The number of likely N-dealkylation sites (tertiary alicyclic amines) is 1. The van der Waals surface area contributed by atoms with Crippen LogP contribution in [0.4, 0.5) is 0 Å². The molecule has 94 valence electrons. The van der Waals surface area contributed by atoms with Gasteiger partial charge in [-0.2, -0.15) is 0 Å². The molecule has 0 amide bonds. The SMILES string of the molecule is CC(C)(C)C1CCCN(C2(CN)CC2)CC1. The van der Waals surface area contributed by atoms with Gasteiger partial charge < -0.3 is 5.73 Å². The zero-order valence-electron chi connectivity index (χ0n) is 11.3. The van der Waals surface area contributed by atoms with Crippen LogP contribution < -0.4 is 5.73 Å². The van der Waals surface area contributed by atoms with Gasteiger partial charge >= 0.3 is 0 Å². The van der Waals surface area contributed by atoms with Crippen LogP contribution in [0.15, 0.2) is 0 Å². The molecule has 0 bridgehead atoms. The van der Waals surface area contributed by atoms with E-state index in [9.17, 15) is 0 Å². The molecule has 1 unspecified atom stereocenters. The highest BCUT2D eigenvalue weighted by Gasteiger charge is 2.47. The minimum Gasteiger partial charge on any atom is -0.329 e. The van der Waals surface area contributed by atoms with E-state index >= 15 is 0 Å². The molecular formula is C14H28N2. The molecule has 0 spiro atoms. The van der Waals surface area contributed by atoms with Gasteiger partial charge in [0.05, 0.1) is 0 Å². The fourth-order valence-corrected chi connectivity index (χ4v) is 3.23. The van der Waals surface area contributed by atoms with Gasteiger partial charge in [0.15, 0.2) is 0 Å². The second kappa shape index (κ2) is 4.30. The first kappa shape index (κ1) is 12.4. The van der Waals surface area contributed by atoms with Crippen LogP contribution >= 0.6 is 0 Å². The molecule has 1 aliphatic heterocycles. The molecule has 0 radical (unpaired) electrons. The van der Waals surface area contributed by atoms with E-state index in [2.05, 4.69) is 25.7 Å². The van der Waals surface area contributed by atoms with Gasteiger partial charge in [0.1, 0.15) is 0 Å². The van der Waals surface area contributed by atoms with Gasteiger partial charge in [-0.25, -0.2) is 0 Å². The van der Waals surface area contributed by atoms with Crippen molar-refractivity contribution in [3.63, 3.8) is 0 Å². The molecule has 1 saturated heterocycles. The standard InChI is InChI=1S/C14H28N2/c1-13(2,3)12-5-4-9-16(10-6-12)14(11-15)7-8-14/h12H,4-11,15H2,1-3H3. The highest BCUT2D eigenvalue weighted by Crippen LogP contribution is 2.43. The van der Waals surface area contributed by atoms with Gasteiger partial charge in [0.2, 0.25) is 0 Å². The zero-order valence-corrected chi connectivity index (χ0v) is 11.3. The van der Waals surface area contributed by atoms with E-state index in [4.69, 9.17) is 5.73 Å². The van der Waals surface area contributed by atoms with E-state index in [1.807, 2.05) is 0 Å². The van der Waals surface area contributed by atoms with Crippen LogP contribution in [-0.2, 0) is 0 Å². The molecule has 2 nitrogen and oxygen atoms in total. The van der Waals surface area contributed by atoms with Crippen molar-refractivity contribution < 1.29 is 0 Å². The lowest BCUT2D eigenvalue weighted by molar-refractivity contribution is 0.171. The average Bonchev–Trinajstić information content (AvgIpc) is 3.01. The van der Waals surface area contributed by atoms with Crippen molar-refractivity contribution in [2.24, 2.45) is 17.1 Å². The van der Waals surface area contributed by atoms with Crippen molar-refractivity contribution in [3.8, 4) is 0 Å². The van der Waals surface area contributed by atoms with E-state index < -0.39 is 0 Å². The van der Waals surface area contributed by atoms with Crippen molar-refractivity contribution in [1.82, 2.24) is 4.90 Å². The third-order valence-corrected chi connectivity index (χ3v) is 4.83. The number of hydrogen-bond acceptors (Lipinski definition) is 2. The fraction of sp³-hybridized carbons (Fsp3) is 1.00. The van der Waals surface area contributed by atoms with E-state index in [0.29, 0.717) is 11.0 Å². The zero-order chi connectivity index (χ0) is 11.8. The first-order valence-corrected chi connectivity index (χ1v) is 6.93. The molecule has 16 heavy (non-hydrogen) atoms. The van der Waals surface area contributed by atoms with Crippen LogP contribution in [0.2, 0.25) is 0 Å². The number of hydrogen-bond donors (Lipinski definition) is 1. The van der Waals surface area contributed by atoms with Crippen molar-refractivity contribution in [3.05, 3.63) is 0 Å². The Hall–Kier alpha value is -0.0800. The van der Waals surface area contributed by atoms with Crippen molar-refractivity contribution >= 4 is 0 Å². The Morgan fingerprint density at radius 3 is 2.38 bits per heavy atom. The predicted octanol–water partition coefficient (Wildman–Crippen LogP) is 2.63. The lowest BCUT2D eigenvalue weighted by Gasteiger charge is -2.32. The van der Waals surface area contributed by atoms with Gasteiger partial charge in [-0.1, -0.05) is 20.8 Å². The molecule has 2 aliphatic rings. The van der Waals surface area contributed by atoms with Gasteiger partial charge in [-0.3, -0.25) is 4.90 Å².